The molecule has 0 saturated heterocycles. The number of hydrogen-bond donors (Lipinski definition) is 3. The monoisotopic (exact) mass is 575 g/mol. The van der Waals surface area contributed by atoms with E-state index in [2.05, 4.69) is 15.0 Å². The Morgan fingerprint density at radius 3 is 2.39 bits per heavy atom. The number of sulfonamides is 1. The van der Waals surface area contributed by atoms with Crippen molar-refractivity contribution in [3.63, 3.8) is 0 Å². The molecule has 0 aliphatic heterocycles. The fourth-order valence-corrected chi connectivity index (χ4v) is 6.51. The Hall–Kier alpha value is -4.15. The normalized spacial score (nSPS) is 18.1. The van der Waals surface area contributed by atoms with Crippen LogP contribution in [-0.2, 0) is 14.8 Å². The Balaban J connectivity index is 1.20. The van der Waals surface area contributed by atoms with Crippen LogP contribution in [0.15, 0.2) is 83.8 Å². The van der Waals surface area contributed by atoms with Crippen molar-refractivity contribution >= 4 is 32.8 Å². The number of carbonyl (C=O) groups is 2. The van der Waals surface area contributed by atoms with Gasteiger partial charge in [-0.3, -0.25) is 4.79 Å². The molecule has 8 nitrogen and oxygen atoms in total. The first kappa shape index (κ1) is 28.4. The second-order valence-electron chi connectivity index (χ2n) is 10.4. The molecule has 1 amide bonds. The number of halogens is 1. The van der Waals surface area contributed by atoms with E-state index in [0.717, 1.165) is 5.56 Å². The van der Waals surface area contributed by atoms with E-state index in [-0.39, 0.29) is 40.2 Å². The van der Waals surface area contributed by atoms with Gasteiger partial charge < -0.3 is 10.4 Å². The number of aromatic carboxylic acids is 1. The van der Waals surface area contributed by atoms with Crippen LogP contribution in [0.1, 0.15) is 54.6 Å². The Labute approximate surface area is 237 Å². The molecule has 1 atom stereocenters. The number of nitrogens with one attached hydrogen (secondary N) is 2. The highest BCUT2D eigenvalue weighted by Crippen LogP contribution is 2.28. The average Bonchev–Trinajstić information content (AvgIpc) is 2.97. The van der Waals surface area contributed by atoms with Crippen molar-refractivity contribution in [3.8, 4) is 11.3 Å². The maximum absolute atomic E-state index is 13.2. The van der Waals surface area contributed by atoms with Gasteiger partial charge in [0.2, 0.25) is 15.9 Å². The van der Waals surface area contributed by atoms with Gasteiger partial charge in [0.05, 0.1) is 27.7 Å². The molecule has 0 radical (unpaired) electrons. The first-order valence-corrected chi connectivity index (χ1v) is 14.9. The van der Waals surface area contributed by atoms with Crippen LogP contribution in [0.2, 0.25) is 0 Å². The number of aromatic nitrogens is 1. The number of hydrogen-bond acceptors (Lipinski definition) is 5. The Kier molecular flexibility index (Phi) is 8.14. The number of benzene rings is 3. The SMILES string of the molecule is CC(NC(=O)C1CCC(NS(=O)(=O)c2ccc3nc(-c4cccc(C(=O)O)c4)ccc3c2)CC1)c1ccc(F)cc1. The minimum absolute atomic E-state index is 0.0841. The quantitative estimate of drug-likeness (QED) is 0.256. The largest absolute Gasteiger partial charge is 0.478 e. The Bertz CT molecular complexity index is 1700. The third kappa shape index (κ3) is 6.61. The molecule has 1 aromatic heterocycles. The molecule has 1 aliphatic carbocycles. The third-order valence-electron chi connectivity index (χ3n) is 7.52. The molecule has 3 N–H and O–H groups in total. The fourth-order valence-electron chi connectivity index (χ4n) is 5.17. The van der Waals surface area contributed by atoms with Crippen LogP contribution in [0, 0.1) is 11.7 Å². The molecule has 4 aromatic rings. The summed E-state index contributed by atoms with van der Waals surface area (Å²) in [6.45, 7) is 1.85. The molecule has 0 bridgehead atoms. The highest BCUT2D eigenvalue weighted by atomic mass is 32.2. The van der Waals surface area contributed by atoms with Gasteiger partial charge in [-0.2, -0.15) is 0 Å². The highest BCUT2D eigenvalue weighted by molar-refractivity contribution is 7.89. The van der Waals surface area contributed by atoms with Crippen molar-refractivity contribution in [2.24, 2.45) is 5.92 Å². The lowest BCUT2D eigenvalue weighted by Gasteiger charge is -2.29. The van der Waals surface area contributed by atoms with Gasteiger partial charge in [0.15, 0.2) is 0 Å². The van der Waals surface area contributed by atoms with E-state index in [0.29, 0.717) is 47.8 Å². The minimum atomic E-state index is -3.80. The second-order valence-corrected chi connectivity index (χ2v) is 12.1. The smallest absolute Gasteiger partial charge is 0.335 e. The van der Waals surface area contributed by atoms with Crippen molar-refractivity contribution in [2.45, 2.75) is 49.6 Å². The molecule has 41 heavy (non-hydrogen) atoms. The molecular weight excluding hydrogens is 545 g/mol. The molecule has 3 aromatic carbocycles. The number of nitrogens with zero attached hydrogens (tertiary/aromatic N) is 1. The summed E-state index contributed by atoms with van der Waals surface area (Å²) in [5, 5.41) is 12.9. The Morgan fingerprint density at radius 1 is 0.951 bits per heavy atom. The summed E-state index contributed by atoms with van der Waals surface area (Å²) in [6.07, 6.45) is 2.19. The summed E-state index contributed by atoms with van der Waals surface area (Å²) in [5.74, 6) is -1.65. The van der Waals surface area contributed by atoms with Gasteiger partial charge in [-0.25, -0.2) is 27.3 Å². The minimum Gasteiger partial charge on any atom is -0.478 e. The predicted octanol–water partition coefficient (Wildman–Crippen LogP) is 5.45. The number of carboxylic acids is 1. The van der Waals surface area contributed by atoms with Crippen LogP contribution in [0.4, 0.5) is 4.39 Å². The zero-order valence-electron chi connectivity index (χ0n) is 22.4. The molecule has 5 rings (SSSR count). The number of pyridine rings is 1. The number of carbonyl (C=O) groups excluding carboxylic acids is 1. The molecular formula is C31H30FN3O5S. The van der Waals surface area contributed by atoms with E-state index >= 15 is 0 Å². The zero-order chi connectivity index (χ0) is 29.1. The molecule has 10 heteroatoms. The van der Waals surface area contributed by atoms with Crippen LogP contribution in [0.25, 0.3) is 22.2 Å². The molecule has 1 saturated carbocycles. The fraction of sp³-hybridized carbons (Fsp3) is 0.258. The predicted molar refractivity (Wildman–Crippen MR) is 153 cm³/mol. The van der Waals surface area contributed by atoms with Crippen LogP contribution >= 0.6 is 0 Å². The van der Waals surface area contributed by atoms with Crippen LogP contribution in [0.5, 0.6) is 0 Å². The Morgan fingerprint density at radius 2 is 1.68 bits per heavy atom. The maximum atomic E-state index is 13.2. The molecule has 212 valence electrons. The summed E-state index contributed by atoms with van der Waals surface area (Å²) in [5.41, 5.74) is 2.80. The first-order valence-electron chi connectivity index (χ1n) is 13.4. The highest BCUT2D eigenvalue weighted by Gasteiger charge is 2.30. The average molecular weight is 576 g/mol. The van der Waals surface area contributed by atoms with Gasteiger partial charge in [0, 0.05) is 22.9 Å². The summed E-state index contributed by atoms with van der Waals surface area (Å²) in [4.78, 5) is 28.8. The summed E-state index contributed by atoms with van der Waals surface area (Å²) < 4.78 is 42.3. The number of carboxylic acid groups (broad SMARTS) is 1. The molecule has 0 spiro atoms. The number of amides is 1. The van der Waals surface area contributed by atoms with E-state index in [9.17, 15) is 27.5 Å². The standard InChI is InChI=1S/C31H30FN3O5S/c1-19(20-5-10-25(32)11-6-20)33-30(36)21-7-12-26(13-8-21)35-41(39,40)27-14-16-29-23(18-27)9-15-28(34-29)22-3-2-4-24(17-22)31(37)38/h2-6,9-11,14-19,21,26,35H,7-8,12-13H2,1H3,(H,33,36)(H,37,38). The third-order valence-corrected chi connectivity index (χ3v) is 9.04. The summed E-state index contributed by atoms with van der Waals surface area (Å²) >= 11 is 0. The maximum Gasteiger partial charge on any atom is 0.335 e. The van der Waals surface area contributed by atoms with E-state index in [1.165, 1.54) is 24.3 Å². The van der Waals surface area contributed by atoms with E-state index in [1.807, 2.05) is 6.92 Å². The van der Waals surface area contributed by atoms with Gasteiger partial charge >= 0.3 is 5.97 Å². The van der Waals surface area contributed by atoms with Crippen molar-refractivity contribution in [2.75, 3.05) is 0 Å². The van der Waals surface area contributed by atoms with E-state index in [4.69, 9.17) is 0 Å². The first-order chi connectivity index (χ1) is 19.6. The summed E-state index contributed by atoms with van der Waals surface area (Å²) in [6, 6.07) is 20.2. The lowest BCUT2D eigenvalue weighted by Crippen LogP contribution is -2.41. The molecule has 1 aliphatic rings. The molecule has 1 unspecified atom stereocenters. The number of fused-ring (bicyclic) bond motifs is 1. The number of rotatable bonds is 8. The lowest BCUT2D eigenvalue weighted by molar-refractivity contribution is -0.126. The van der Waals surface area contributed by atoms with Crippen molar-refractivity contribution in [3.05, 3.63) is 95.8 Å². The summed E-state index contributed by atoms with van der Waals surface area (Å²) in [7, 11) is -3.80. The van der Waals surface area contributed by atoms with E-state index in [1.54, 1.807) is 54.6 Å². The van der Waals surface area contributed by atoms with Gasteiger partial charge in [0.25, 0.3) is 0 Å². The van der Waals surface area contributed by atoms with Crippen LogP contribution in [0.3, 0.4) is 0 Å². The van der Waals surface area contributed by atoms with Gasteiger partial charge in [-0.15, -0.1) is 0 Å². The van der Waals surface area contributed by atoms with E-state index < -0.39 is 16.0 Å². The van der Waals surface area contributed by atoms with Crippen LogP contribution in [-0.4, -0.2) is 36.4 Å². The van der Waals surface area contributed by atoms with Crippen LogP contribution < -0.4 is 10.0 Å². The van der Waals surface area contributed by atoms with Gasteiger partial charge in [-0.05, 0) is 86.7 Å². The topological polar surface area (TPSA) is 125 Å². The van der Waals surface area contributed by atoms with Crippen molar-refractivity contribution in [1.82, 2.24) is 15.0 Å². The zero-order valence-corrected chi connectivity index (χ0v) is 23.2. The molecule has 1 heterocycles. The van der Waals surface area contributed by atoms with Gasteiger partial charge in [-0.1, -0.05) is 30.3 Å². The van der Waals surface area contributed by atoms with Crippen molar-refractivity contribution < 1.29 is 27.5 Å². The lowest BCUT2D eigenvalue weighted by atomic mass is 9.85. The van der Waals surface area contributed by atoms with Gasteiger partial charge in [0.1, 0.15) is 5.82 Å². The molecule has 1 fully saturated rings. The second kappa shape index (κ2) is 11.8. The van der Waals surface area contributed by atoms with Crippen molar-refractivity contribution in [1.29, 1.82) is 0 Å².